The van der Waals surface area contributed by atoms with Gasteiger partial charge in [-0.05, 0) is 105 Å². The number of halogens is 4. The van der Waals surface area contributed by atoms with Gasteiger partial charge in [0.1, 0.15) is 17.2 Å². The van der Waals surface area contributed by atoms with Crippen molar-refractivity contribution in [3.05, 3.63) is 54.1 Å². The van der Waals surface area contributed by atoms with E-state index < -0.39 is 24.6 Å². The largest absolute Gasteiger partial charge is 0.481 e. The van der Waals surface area contributed by atoms with Crippen molar-refractivity contribution in [1.29, 1.82) is 0 Å². The molecule has 1 N–H and O–H groups in total. The zero-order valence-corrected chi connectivity index (χ0v) is 28.3. The van der Waals surface area contributed by atoms with Crippen molar-refractivity contribution in [2.45, 2.75) is 135 Å². The van der Waals surface area contributed by atoms with E-state index in [1.165, 1.54) is 87.8 Å². The zero-order valence-electron chi connectivity index (χ0n) is 28.3. The smallest absolute Gasteiger partial charge is 0.387 e. The number of aliphatic carboxylic acids is 1. The monoisotopic (exact) mass is 680 g/mol. The molecule has 0 heterocycles. The Kier molecular flexibility index (Phi) is 16.5. The fourth-order valence-corrected chi connectivity index (χ4v) is 6.97. The van der Waals surface area contributed by atoms with Gasteiger partial charge in [0, 0.05) is 0 Å². The van der Waals surface area contributed by atoms with Gasteiger partial charge in [0.25, 0.3) is 0 Å². The average Bonchev–Trinajstić information content (AvgIpc) is 3.07. The van der Waals surface area contributed by atoms with E-state index in [4.69, 9.17) is 4.74 Å². The first-order valence-electron chi connectivity index (χ1n) is 17.6. The summed E-state index contributed by atoms with van der Waals surface area (Å²) in [6.07, 6.45) is 16.8. The van der Waals surface area contributed by atoms with Gasteiger partial charge < -0.3 is 19.3 Å². The summed E-state index contributed by atoms with van der Waals surface area (Å²) in [7, 11) is 0. The maximum Gasteiger partial charge on any atom is 0.387 e. The Balaban J connectivity index is 0.000000261. The second kappa shape index (κ2) is 20.3. The Labute approximate surface area is 282 Å². The van der Waals surface area contributed by atoms with E-state index in [-0.39, 0.29) is 23.4 Å². The van der Waals surface area contributed by atoms with Crippen LogP contribution in [0.3, 0.4) is 0 Å². The Morgan fingerprint density at radius 1 is 0.688 bits per heavy atom. The van der Waals surface area contributed by atoms with Crippen LogP contribution in [0.25, 0.3) is 0 Å². The summed E-state index contributed by atoms with van der Waals surface area (Å²) in [4.78, 5) is 24.2. The predicted octanol–water partition coefficient (Wildman–Crippen LogP) is 11.0. The molecule has 0 unspecified atom stereocenters. The minimum atomic E-state index is -2.87. The van der Waals surface area contributed by atoms with Crippen molar-refractivity contribution < 1.29 is 46.5 Å². The number of esters is 1. The van der Waals surface area contributed by atoms with Gasteiger partial charge in [-0.1, -0.05) is 77.3 Å². The fraction of sp³-hybridized carbons (Fsp3) is 0.632. The Hall–Kier alpha value is -3.30. The van der Waals surface area contributed by atoms with Crippen LogP contribution in [0, 0.1) is 17.8 Å². The minimum absolute atomic E-state index is 0.0510. The van der Waals surface area contributed by atoms with Crippen LogP contribution in [-0.2, 0) is 15.0 Å². The van der Waals surface area contributed by atoms with Gasteiger partial charge in [0.05, 0.1) is 11.3 Å². The first-order chi connectivity index (χ1) is 23.1. The number of benzene rings is 2. The third kappa shape index (κ3) is 12.6. The topological polar surface area (TPSA) is 82.1 Å². The molecule has 48 heavy (non-hydrogen) atoms. The molecule has 10 heteroatoms. The number of unbranched alkanes of at least 4 members (excludes halogenated alkanes) is 4. The number of alkyl halides is 4. The SMILES string of the molecule is CCCCCC[C@H]1CC[C@@](C(=O)O)(c2ccc(OC(F)F)cc2)CC1.CCCC[C@H]1CC[C@H](C(=O)Oc2ccc(OC(F)F)cc2)CC1. The molecule has 2 aromatic rings. The summed E-state index contributed by atoms with van der Waals surface area (Å²) in [5.41, 5.74) is -0.213. The summed E-state index contributed by atoms with van der Waals surface area (Å²) >= 11 is 0. The molecule has 2 aliphatic rings. The lowest BCUT2D eigenvalue weighted by Crippen LogP contribution is -2.39. The van der Waals surface area contributed by atoms with Gasteiger partial charge in [-0.15, -0.1) is 0 Å². The number of carbonyl (C=O) groups excluding carboxylic acids is 1. The molecule has 268 valence electrons. The number of rotatable bonds is 16. The number of ether oxygens (including phenoxy) is 3. The van der Waals surface area contributed by atoms with Crippen LogP contribution in [0.1, 0.15) is 122 Å². The molecule has 0 radical (unpaired) electrons. The van der Waals surface area contributed by atoms with E-state index in [0.29, 0.717) is 30.1 Å². The lowest BCUT2D eigenvalue weighted by molar-refractivity contribution is -0.145. The summed E-state index contributed by atoms with van der Waals surface area (Å²) in [6, 6.07) is 11.8. The molecule has 2 aromatic carbocycles. The molecule has 2 fully saturated rings. The average molecular weight is 681 g/mol. The second-order valence-electron chi connectivity index (χ2n) is 13.2. The standard InChI is InChI=1S/C20H28F2O3.C18H24F2O3/c1-2-3-4-5-6-15-11-13-20(14-12-15,18(23)24)16-7-9-17(10-8-16)25-19(21)22;1-2-3-4-13-5-7-14(8-6-13)17(21)22-15-9-11-16(12-10-15)23-18(19)20/h7-10,15,19H,2-6,11-14H2,1H3,(H,23,24);9-14,18H,2-8H2,1H3/t15-,20-;13-,14-. The highest BCUT2D eigenvalue weighted by molar-refractivity contribution is 5.81. The van der Waals surface area contributed by atoms with Crippen molar-refractivity contribution in [3.8, 4) is 17.2 Å². The minimum Gasteiger partial charge on any atom is -0.481 e. The highest BCUT2D eigenvalue weighted by Crippen LogP contribution is 2.44. The van der Waals surface area contributed by atoms with Crippen LogP contribution < -0.4 is 14.2 Å². The van der Waals surface area contributed by atoms with Crippen LogP contribution in [0.15, 0.2) is 48.5 Å². The number of hydrogen-bond acceptors (Lipinski definition) is 5. The van der Waals surface area contributed by atoms with E-state index >= 15 is 0 Å². The number of hydrogen-bond donors (Lipinski definition) is 1. The van der Waals surface area contributed by atoms with Gasteiger partial charge in [0.15, 0.2) is 0 Å². The van der Waals surface area contributed by atoms with Crippen LogP contribution in [0.5, 0.6) is 17.2 Å². The number of carbonyl (C=O) groups is 2. The molecular formula is C38H52F4O6. The lowest BCUT2D eigenvalue weighted by atomic mass is 9.66. The quantitative estimate of drug-likeness (QED) is 0.0822. The molecule has 0 aromatic heterocycles. The van der Waals surface area contributed by atoms with Crippen molar-refractivity contribution >= 4 is 11.9 Å². The second-order valence-corrected chi connectivity index (χ2v) is 13.2. The first kappa shape index (κ1) is 39.1. The van der Waals surface area contributed by atoms with E-state index in [1.54, 1.807) is 12.1 Å². The molecule has 0 saturated heterocycles. The maximum atomic E-state index is 12.3. The zero-order chi connectivity index (χ0) is 34.9. The fourth-order valence-electron chi connectivity index (χ4n) is 6.97. The third-order valence-electron chi connectivity index (χ3n) is 9.88. The molecule has 0 spiro atoms. The van der Waals surface area contributed by atoms with Crippen molar-refractivity contribution in [3.63, 3.8) is 0 Å². The Morgan fingerprint density at radius 2 is 1.17 bits per heavy atom. The molecule has 0 amide bonds. The Bertz CT molecular complexity index is 1200. The molecule has 0 aliphatic heterocycles. The molecule has 4 rings (SSSR count). The van der Waals surface area contributed by atoms with E-state index in [2.05, 4.69) is 23.3 Å². The van der Waals surface area contributed by atoms with E-state index in [0.717, 1.165) is 44.4 Å². The molecule has 6 nitrogen and oxygen atoms in total. The number of carboxylic acid groups (broad SMARTS) is 1. The summed E-state index contributed by atoms with van der Waals surface area (Å²) in [6.45, 7) is -1.34. The molecule has 0 bridgehead atoms. The lowest BCUT2D eigenvalue weighted by Gasteiger charge is -2.37. The summed E-state index contributed by atoms with van der Waals surface area (Å²) < 4.78 is 62.6. The first-order valence-corrected chi connectivity index (χ1v) is 17.6. The predicted molar refractivity (Wildman–Crippen MR) is 177 cm³/mol. The maximum absolute atomic E-state index is 12.3. The molecule has 0 atom stereocenters. The third-order valence-corrected chi connectivity index (χ3v) is 9.88. The van der Waals surface area contributed by atoms with Crippen LogP contribution in [0.2, 0.25) is 0 Å². The van der Waals surface area contributed by atoms with Gasteiger partial charge in [-0.2, -0.15) is 17.6 Å². The van der Waals surface area contributed by atoms with Gasteiger partial charge in [-0.3, -0.25) is 9.59 Å². The van der Waals surface area contributed by atoms with Gasteiger partial charge in [0.2, 0.25) is 0 Å². The van der Waals surface area contributed by atoms with Crippen LogP contribution >= 0.6 is 0 Å². The summed E-state index contributed by atoms with van der Waals surface area (Å²) in [5.74, 6) is 0.728. The van der Waals surface area contributed by atoms with Crippen molar-refractivity contribution in [2.24, 2.45) is 17.8 Å². The van der Waals surface area contributed by atoms with E-state index in [1.807, 2.05) is 0 Å². The molecular weight excluding hydrogens is 628 g/mol. The van der Waals surface area contributed by atoms with Crippen LogP contribution in [0.4, 0.5) is 17.6 Å². The van der Waals surface area contributed by atoms with Crippen molar-refractivity contribution in [1.82, 2.24) is 0 Å². The Morgan fingerprint density at radius 3 is 1.67 bits per heavy atom. The molecule has 2 saturated carbocycles. The molecule has 2 aliphatic carbocycles. The van der Waals surface area contributed by atoms with E-state index in [9.17, 15) is 32.3 Å². The number of carboxylic acids is 1. The highest BCUT2D eigenvalue weighted by Gasteiger charge is 2.43. The summed E-state index contributed by atoms with van der Waals surface area (Å²) in [5, 5.41) is 9.84. The normalized spacial score (nSPS) is 22.5. The highest BCUT2D eigenvalue weighted by atomic mass is 19.3. The van der Waals surface area contributed by atoms with Crippen LogP contribution in [-0.4, -0.2) is 30.3 Å². The van der Waals surface area contributed by atoms with Gasteiger partial charge >= 0.3 is 25.2 Å². The van der Waals surface area contributed by atoms with Gasteiger partial charge in [-0.25, -0.2) is 0 Å². The van der Waals surface area contributed by atoms with Crippen molar-refractivity contribution in [2.75, 3.05) is 0 Å².